The summed E-state index contributed by atoms with van der Waals surface area (Å²) < 4.78 is 11.0. The lowest BCUT2D eigenvalue weighted by molar-refractivity contribution is -0.114. The third-order valence-corrected chi connectivity index (χ3v) is 4.68. The average molecular weight is 384 g/mol. The number of carbonyl (C=O) groups is 1. The Morgan fingerprint density at radius 3 is 1.86 bits per heavy atom. The third-order valence-electron chi connectivity index (χ3n) is 4.68. The van der Waals surface area contributed by atoms with E-state index in [-0.39, 0.29) is 5.78 Å². The highest BCUT2D eigenvalue weighted by atomic mass is 16.5. The first kappa shape index (κ1) is 20.3. The van der Waals surface area contributed by atoms with E-state index >= 15 is 0 Å². The van der Waals surface area contributed by atoms with Crippen LogP contribution >= 0.6 is 0 Å². The Hall–Kier alpha value is -3.39. The normalized spacial score (nSPS) is 11.3. The SMILES string of the molecule is COc1ccc(C(=C=C(C(C)=O)C(OC)c2ccccc2)c2ccccc2)cc1. The summed E-state index contributed by atoms with van der Waals surface area (Å²) in [5.41, 5.74) is 7.53. The Morgan fingerprint density at radius 2 is 1.34 bits per heavy atom. The van der Waals surface area contributed by atoms with Crippen molar-refractivity contribution in [2.45, 2.75) is 13.0 Å². The zero-order valence-electron chi connectivity index (χ0n) is 16.9. The number of benzene rings is 3. The van der Waals surface area contributed by atoms with E-state index in [1.54, 1.807) is 21.1 Å². The number of hydrogen-bond donors (Lipinski definition) is 0. The molecule has 3 aromatic rings. The van der Waals surface area contributed by atoms with Crippen molar-refractivity contribution < 1.29 is 14.3 Å². The van der Waals surface area contributed by atoms with E-state index in [1.807, 2.05) is 84.9 Å². The fourth-order valence-electron chi connectivity index (χ4n) is 3.19. The van der Waals surface area contributed by atoms with Gasteiger partial charge in [0.1, 0.15) is 11.9 Å². The minimum atomic E-state index is -0.495. The van der Waals surface area contributed by atoms with Crippen LogP contribution in [0.3, 0.4) is 0 Å². The maximum absolute atomic E-state index is 12.6. The molecule has 1 unspecified atom stereocenters. The number of carbonyl (C=O) groups excluding carboxylic acids is 1. The molecule has 3 nitrogen and oxygen atoms in total. The van der Waals surface area contributed by atoms with Crippen molar-refractivity contribution in [3.8, 4) is 5.75 Å². The van der Waals surface area contributed by atoms with Gasteiger partial charge < -0.3 is 9.47 Å². The molecule has 29 heavy (non-hydrogen) atoms. The molecule has 3 aromatic carbocycles. The number of rotatable bonds is 7. The Labute approximate surface area is 171 Å². The van der Waals surface area contributed by atoms with Crippen LogP contribution in [0, 0.1) is 0 Å². The van der Waals surface area contributed by atoms with Crippen molar-refractivity contribution in [1.82, 2.24) is 0 Å². The van der Waals surface area contributed by atoms with Gasteiger partial charge in [0.2, 0.25) is 0 Å². The summed E-state index contributed by atoms with van der Waals surface area (Å²) >= 11 is 0. The van der Waals surface area contributed by atoms with Crippen LogP contribution in [0.1, 0.15) is 29.7 Å². The highest BCUT2D eigenvalue weighted by Crippen LogP contribution is 2.29. The molecule has 0 saturated heterocycles. The quantitative estimate of drug-likeness (QED) is 0.391. The van der Waals surface area contributed by atoms with E-state index in [4.69, 9.17) is 9.47 Å². The molecule has 0 aliphatic rings. The molecule has 0 aliphatic heterocycles. The predicted molar refractivity (Wildman–Crippen MR) is 116 cm³/mol. The Kier molecular flexibility index (Phi) is 6.80. The molecule has 0 heterocycles. The minimum absolute atomic E-state index is 0.0809. The van der Waals surface area contributed by atoms with E-state index < -0.39 is 6.10 Å². The third kappa shape index (κ3) is 4.91. The molecule has 0 fully saturated rings. The lowest BCUT2D eigenvalue weighted by atomic mass is 9.94. The fraction of sp³-hybridized carbons (Fsp3) is 0.154. The van der Waals surface area contributed by atoms with Crippen molar-refractivity contribution in [2.24, 2.45) is 0 Å². The van der Waals surface area contributed by atoms with Crippen molar-refractivity contribution in [2.75, 3.05) is 14.2 Å². The summed E-state index contributed by atoms with van der Waals surface area (Å²) in [5.74, 6) is 0.693. The van der Waals surface area contributed by atoms with E-state index in [1.165, 1.54) is 0 Å². The van der Waals surface area contributed by atoms with Gasteiger partial charge in [-0.25, -0.2) is 0 Å². The molecule has 146 valence electrons. The van der Waals surface area contributed by atoms with Crippen LogP contribution in [0.5, 0.6) is 5.75 Å². The molecule has 0 amide bonds. The van der Waals surface area contributed by atoms with Crippen LogP contribution in [0.15, 0.2) is 96.2 Å². The molecule has 3 rings (SSSR count). The maximum Gasteiger partial charge on any atom is 0.166 e. The largest absolute Gasteiger partial charge is 0.497 e. The average Bonchev–Trinajstić information content (AvgIpc) is 2.78. The van der Waals surface area contributed by atoms with Crippen LogP contribution < -0.4 is 4.74 Å². The second kappa shape index (κ2) is 9.70. The molecular formula is C26H24O3. The number of ether oxygens (including phenoxy) is 2. The molecule has 0 saturated carbocycles. The second-order valence-corrected chi connectivity index (χ2v) is 6.59. The molecule has 0 radical (unpaired) electrons. The van der Waals surface area contributed by atoms with E-state index in [2.05, 4.69) is 5.73 Å². The van der Waals surface area contributed by atoms with Gasteiger partial charge in [-0.15, -0.1) is 5.73 Å². The van der Waals surface area contributed by atoms with Gasteiger partial charge in [-0.3, -0.25) is 4.79 Å². The zero-order chi connectivity index (χ0) is 20.6. The fourth-order valence-corrected chi connectivity index (χ4v) is 3.19. The highest BCUT2D eigenvalue weighted by molar-refractivity contribution is 5.96. The van der Waals surface area contributed by atoms with E-state index in [0.29, 0.717) is 5.57 Å². The standard InChI is InChI=1S/C26H24O3/c1-19(27)24(26(29-3)22-12-8-5-9-13-22)18-25(20-10-6-4-7-11-20)21-14-16-23(28-2)17-15-21/h4-17,26H,1-3H3. The first-order valence-electron chi connectivity index (χ1n) is 9.43. The smallest absolute Gasteiger partial charge is 0.166 e. The van der Waals surface area contributed by atoms with Gasteiger partial charge in [-0.05, 0) is 35.7 Å². The summed E-state index contributed by atoms with van der Waals surface area (Å²) in [6.45, 7) is 1.55. The number of hydrogen-bond acceptors (Lipinski definition) is 3. The lowest BCUT2D eigenvalue weighted by Gasteiger charge is -2.17. The minimum Gasteiger partial charge on any atom is -0.497 e. The molecule has 3 heteroatoms. The molecule has 0 aromatic heterocycles. The molecular weight excluding hydrogens is 360 g/mol. The maximum atomic E-state index is 12.6. The summed E-state index contributed by atoms with van der Waals surface area (Å²) in [4.78, 5) is 12.6. The lowest BCUT2D eigenvalue weighted by Crippen LogP contribution is -2.11. The number of ketones is 1. The van der Waals surface area contributed by atoms with Gasteiger partial charge in [-0.2, -0.15) is 0 Å². The Morgan fingerprint density at radius 1 is 0.793 bits per heavy atom. The van der Waals surface area contributed by atoms with Gasteiger partial charge in [0.05, 0.1) is 12.7 Å². The van der Waals surface area contributed by atoms with Crippen molar-refractivity contribution >= 4 is 11.4 Å². The van der Waals surface area contributed by atoms with Gasteiger partial charge in [0, 0.05) is 12.7 Å². The van der Waals surface area contributed by atoms with E-state index in [0.717, 1.165) is 28.0 Å². The first-order chi connectivity index (χ1) is 14.1. The van der Waals surface area contributed by atoms with E-state index in [9.17, 15) is 4.79 Å². The van der Waals surface area contributed by atoms with Crippen molar-refractivity contribution in [1.29, 1.82) is 0 Å². The van der Waals surface area contributed by atoms with Crippen LogP contribution in [-0.2, 0) is 9.53 Å². The van der Waals surface area contributed by atoms with Crippen LogP contribution in [0.2, 0.25) is 0 Å². The monoisotopic (exact) mass is 384 g/mol. The Bertz CT molecular complexity index is 1010. The van der Waals surface area contributed by atoms with Crippen LogP contribution in [-0.4, -0.2) is 20.0 Å². The molecule has 0 bridgehead atoms. The highest BCUT2D eigenvalue weighted by Gasteiger charge is 2.20. The zero-order valence-corrected chi connectivity index (χ0v) is 16.9. The summed E-state index contributed by atoms with van der Waals surface area (Å²) in [6, 6.07) is 27.4. The van der Waals surface area contributed by atoms with Crippen molar-refractivity contribution in [3.05, 3.63) is 113 Å². The first-order valence-corrected chi connectivity index (χ1v) is 9.43. The van der Waals surface area contributed by atoms with Crippen molar-refractivity contribution in [3.63, 3.8) is 0 Å². The summed E-state index contributed by atoms with van der Waals surface area (Å²) in [6.07, 6.45) is -0.495. The molecule has 0 N–H and O–H groups in total. The van der Waals surface area contributed by atoms with Gasteiger partial charge in [0.25, 0.3) is 0 Å². The topological polar surface area (TPSA) is 35.5 Å². The van der Waals surface area contributed by atoms with Crippen LogP contribution in [0.4, 0.5) is 0 Å². The summed E-state index contributed by atoms with van der Waals surface area (Å²) in [7, 11) is 3.25. The van der Waals surface area contributed by atoms with Gasteiger partial charge in [0.15, 0.2) is 5.78 Å². The van der Waals surface area contributed by atoms with Gasteiger partial charge >= 0.3 is 0 Å². The number of Topliss-reactive ketones (excluding diaryl/α,β-unsaturated/α-hetero) is 1. The number of methoxy groups -OCH3 is 2. The molecule has 0 spiro atoms. The van der Waals surface area contributed by atoms with Crippen LogP contribution in [0.25, 0.3) is 5.57 Å². The molecule has 1 atom stereocenters. The van der Waals surface area contributed by atoms with Gasteiger partial charge in [-0.1, -0.05) is 72.8 Å². The second-order valence-electron chi connectivity index (χ2n) is 6.59. The predicted octanol–water partition coefficient (Wildman–Crippen LogP) is 5.63. The Balaban J connectivity index is 2.26. The molecule has 0 aliphatic carbocycles. The summed E-state index contributed by atoms with van der Waals surface area (Å²) in [5, 5.41) is 0.